The van der Waals surface area contributed by atoms with Gasteiger partial charge >= 0.3 is 0 Å². The Morgan fingerprint density at radius 2 is 2.00 bits per heavy atom. The summed E-state index contributed by atoms with van der Waals surface area (Å²) < 4.78 is 5.86. The van der Waals surface area contributed by atoms with Gasteiger partial charge in [0.25, 0.3) is 17.4 Å². The van der Waals surface area contributed by atoms with Crippen molar-refractivity contribution in [2.45, 2.75) is 57.6 Å². The molecule has 1 aromatic rings. The Bertz CT molecular complexity index is 637. The molecule has 1 unspecified atom stereocenters. The number of aryl methyl sites for hydroxylation is 1. The van der Waals surface area contributed by atoms with Crippen molar-refractivity contribution in [1.82, 2.24) is 4.90 Å². The second-order valence-electron chi connectivity index (χ2n) is 6.80. The van der Waals surface area contributed by atoms with Crippen LogP contribution in [0.1, 0.15) is 44.6 Å². The van der Waals surface area contributed by atoms with Crippen molar-refractivity contribution in [2.24, 2.45) is 0 Å². The number of benzene rings is 1. The van der Waals surface area contributed by atoms with Crippen LogP contribution in [0.4, 0.5) is 5.69 Å². The van der Waals surface area contributed by atoms with E-state index in [2.05, 4.69) is 5.32 Å². The average molecular weight is 316 g/mol. The molecule has 0 bridgehead atoms. The van der Waals surface area contributed by atoms with Gasteiger partial charge in [0.1, 0.15) is 5.75 Å². The Kier molecular flexibility index (Phi) is 4.04. The van der Waals surface area contributed by atoms with Gasteiger partial charge in [0.05, 0.1) is 5.69 Å². The molecule has 0 aromatic heterocycles. The van der Waals surface area contributed by atoms with E-state index >= 15 is 0 Å². The van der Waals surface area contributed by atoms with E-state index in [1.807, 2.05) is 19.1 Å². The first-order valence-corrected chi connectivity index (χ1v) is 8.30. The lowest BCUT2D eigenvalue weighted by molar-refractivity contribution is -0.155. The Balaban J connectivity index is 1.84. The highest BCUT2D eigenvalue weighted by Crippen LogP contribution is 2.35. The third-order valence-electron chi connectivity index (χ3n) is 4.98. The molecule has 2 amide bonds. The van der Waals surface area contributed by atoms with Gasteiger partial charge in [-0.1, -0.05) is 25.3 Å². The third kappa shape index (κ3) is 2.80. The number of hydrogen-bond acceptors (Lipinski definition) is 3. The quantitative estimate of drug-likeness (QED) is 0.854. The molecule has 0 radical (unpaired) electrons. The maximum atomic E-state index is 12.9. The summed E-state index contributed by atoms with van der Waals surface area (Å²) in [5.74, 6) is -0.125. The highest BCUT2D eigenvalue weighted by Gasteiger charge is 2.49. The molecule has 1 N–H and O–H groups in total. The largest absolute Gasteiger partial charge is 0.466 e. The van der Waals surface area contributed by atoms with Gasteiger partial charge in [-0.2, -0.15) is 0 Å². The summed E-state index contributed by atoms with van der Waals surface area (Å²) in [4.78, 5) is 27.2. The molecule has 1 aliphatic carbocycles. The third-order valence-corrected chi connectivity index (χ3v) is 4.98. The molecule has 1 heterocycles. The van der Waals surface area contributed by atoms with Crippen LogP contribution in [0.15, 0.2) is 18.2 Å². The molecule has 1 atom stereocenters. The molecule has 3 rings (SSSR count). The van der Waals surface area contributed by atoms with Crippen LogP contribution in [0.25, 0.3) is 0 Å². The fourth-order valence-corrected chi connectivity index (χ4v) is 3.45. The van der Waals surface area contributed by atoms with E-state index in [0.29, 0.717) is 11.4 Å². The molecule has 1 fully saturated rings. The molecule has 5 heteroatoms. The van der Waals surface area contributed by atoms with E-state index in [4.69, 9.17) is 4.74 Å². The van der Waals surface area contributed by atoms with Gasteiger partial charge in [0.15, 0.2) is 0 Å². The minimum atomic E-state index is -1.51. The average Bonchev–Trinajstić information content (AvgIpc) is 2.56. The molecule has 1 aliphatic heterocycles. The number of hydrogen-bond donors (Lipinski definition) is 1. The summed E-state index contributed by atoms with van der Waals surface area (Å²) in [6.07, 6.45) is 5.48. The van der Waals surface area contributed by atoms with E-state index in [9.17, 15) is 9.59 Å². The van der Waals surface area contributed by atoms with Crippen molar-refractivity contribution in [2.75, 3.05) is 12.4 Å². The normalized spacial score (nSPS) is 24.4. The van der Waals surface area contributed by atoms with Gasteiger partial charge in [0, 0.05) is 13.1 Å². The van der Waals surface area contributed by atoms with Crippen LogP contribution in [0.5, 0.6) is 5.75 Å². The summed E-state index contributed by atoms with van der Waals surface area (Å²) in [5, 5.41) is 2.82. The number of ether oxygens (including phenoxy) is 1. The summed E-state index contributed by atoms with van der Waals surface area (Å²) in [6.45, 7) is 3.51. The molecule has 5 nitrogen and oxygen atoms in total. The topological polar surface area (TPSA) is 58.6 Å². The Hall–Kier alpha value is -2.04. The van der Waals surface area contributed by atoms with E-state index < -0.39 is 11.5 Å². The van der Waals surface area contributed by atoms with Gasteiger partial charge in [-0.15, -0.1) is 0 Å². The molecule has 1 aromatic carbocycles. The number of likely N-dealkylation sites (N-methyl/N-ethyl adjacent to an activating group) is 1. The van der Waals surface area contributed by atoms with Crippen molar-refractivity contribution >= 4 is 17.5 Å². The fraction of sp³-hybridized carbons (Fsp3) is 0.556. The molecule has 2 aliphatic rings. The predicted molar refractivity (Wildman–Crippen MR) is 88.5 cm³/mol. The molecular weight excluding hydrogens is 292 g/mol. The van der Waals surface area contributed by atoms with Crippen molar-refractivity contribution in [3.63, 3.8) is 0 Å². The number of carbonyl (C=O) groups excluding carboxylic acids is 2. The zero-order chi connectivity index (χ0) is 16.6. The number of nitrogens with one attached hydrogen (secondary N) is 1. The minimum Gasteiger partial charge on any atom is -0.466 e. The summed E-state index contributed by atoms with van der Waals surface area (Å²) in [6, 6.07) is 5.76. The van der Waals surface area contributed by atoms with Crippen molar-refractivity contribution in [3.8, 4) is 5.75 Å². The maximum absolute atomic E-state index is 12.9. The van der Waals surface area contributed by atoms with E-state index in [-0.39, 0.29) is 11.9 Å². The monoisotopic (exact) mass is 316 g/mol. The summed E-state index contributed by atoms with van der Waals surface area (Å²) >= 11 is 0. The fourth-order valence-electron chi connectivity index (χ4n) is 3.45. The van der Waals surface area contributed by atoms with Crippen LogP contribution < -0.4 is 10.1 Å². The highest BCUT2D eigenvalue weighted by atomic mass is 16.5. The summed E-state index contributed by atoms with van der Waals surface area (Å²) in [7, 11) is 1.78. The van der Waals surface area contributed by atoms with E-state index in [1.165, 1.54) is 6.42 Å². The van der Waals surface area contributed by atoms with E-state index in [0.717, 1.165) is 31.2 Å². The predicted octanol–water partition coefficient (Wildman–Crippen LogP) is 2.88. The molecular formula is C18H24N2O3. The first-order chi connectivity index (χ1) is 10.9. The molecule has 0 saturated heterocycles. The van der Waals surface area contributed by atoms with Crippen LogP contribution in [0.2, 0.25) is 0 Å². The first-order valence-electron chi connectivity index (χ1n) is 8.30. The second-order valence-corrected chi connectivity index (χ2v) is 6.80. The number of fused-ring (bicyclic) bond motifs is 1. The molecule has 23 heavy (non-hydrogen) atoms. The number of anilines is 1. The van der Waals surface area contributed by atoms with Crippen molar-refractivity contribution in [3.05, 3.63) is 23.8 Å². The number of amides is 2. The van der Waals surface area contributed by atoms with Gasteiger partial charge in [-0.3, -0.25) is 9.59 Å². The van der Waals surface area contributed by atoms with Crippen LogP contribution in [0, 0.1) is 6.92 Å². The lowest BCUT2D eigenvalue weighted by atomic mass is 9.92. The zero-order valence-electron chi connectivity index (χ0n) is 14.0. The smallest absolute Gasteiger partial charge is 0.278 e. The van der Waals surface area contributed by atoms with Gasteiger partial charge in [0.2, 0.25) is 0 Å². The number of rotatable bonds is 2. The minimum absolute atomic E-state index is 0.198. The van der Waals surface area contributed by atoms with Crippen molar-refractivity contribution in [1.29, 1.82) is 0 Å². The Morgan fingerprint density at radius 1 is 1.30 bits per heavy atom. The lowest BCUT2D eigenvalue weighted by Crippen LogP contribution is -2.60. The first kappa shape index (κ1) is 15.8. The second kappa shape index (κ2) is 5.87. The van der Waals surface area contributed by atoms with E-state index in [1.54, 1.807) is 24.9 Å². The Labute approximate surface area is 137 Å². The van der Waals surface area contributed by atoms with Crippen LogP contribution in [-0.2, 0) is 9.59 Å². The summed E-state index contributed by atoms with van der Waals surface area (Å²) in [5.41, 5.74) is 0.150. The van der Waals surface area contributed by atoms with Crippen LogP contribution in [0.3, 0.4) is 0 Å². The maximum Gasteiger partial charge on any atom is 0.278 e. The highest BCUT2D eigenvalue weighted by molar-refractivity contribution is 6.15. The van der Waals surface area contributed by atoms with Gasteiger partial charge in [-0.05, 0) is 44.4 Å². The van der Waals surface area contributed by atoms with Gasteiger partial charge in [-0.25, -0.2) is 0 Å². The molecule has 1 saturated carbocycles. The SMILES string of the molecule is Cc1ccc2c(c1)NC(=O)C(C)(C(=O)N(C)C1CCCCC1)O2. The number of carbonyl (C=O) groups is 2. The zero-order valence-corrected chi connectivity index (χ0v) is 14.0. The standard InChI is InChI=1S/C18H24N2O3/c1-12-9-10-15-14(11-12)19-16(21)18(2,23-15)17(22)20(3)13-7-5-4-6-8-13/h9-11,13H,4-8H2,1-3H3,(H,19,21). The molecule has 124 valence electrons. The van der Waals surface area contributed by atoms with Crippen molar-refractivity contribution < 1.29 is 14.3 Å². The van der Waals surface area contributed by atoms with Crippen LogP contribution >= 0.6 is 0 Å². The number of nitrogens with zero attached hydrogens (tertiary/aromatic N) is 1. The molecule has 0 spiro atoms. The van der Waals surface area contributed by atoms with Crippen LogP contribution in [-0.4, -0.2) is 35.4 Å². The van der Waals surface area contributed by atoms with Gasteiger partial charge < -0.3 is 15.0 Å². The lowest BCUT2D eigenvalue weighted by Gasteiger charge is -2.39. The Morgan fingerprint density at radius 3 is 2.70 bits per heavy atom.